The summed E-state index contributed by atoms with van der Waals surface area (Å²) in [5.74, 6) is 0.494. The monoisotopic (exact) mass is 410 g/mol. The van der Waals surface area contributed by atoms with Gasteiger partial charge < -0.3 is 14.7 Å². The Morgan fingerprint density at radius 1 is 1.24 bits per heavy atom. The summed E-state index contributed by atoms with van der Waals surface area (Å²) in [6.07, 6.45) is 1.63. The maximum Gasteiger partial charge on any atom is 0.168 e. The molecule has 0 saturated carbocycles. The molecular formula is C22H23ClN4O2. The Morgan fingerprint density at radius 2 is 2.03 bits per heavy atom. The number of aromatic nitrogens is 1. The van der Waals surface area contributed by atoms with Crippen molar-refractivity contribution in [3.05, 3.63) is 53.2 Å². The Hall–Kier alpha value is -2.57. The van der Waals surface area contributed by atoms with E-state index in [1.165, 1.54) is 0 Å². The highest BCUT2D eigenvalue weighted by Crippen LogP contribution is 2.37. The second-order valence-electron chi connectivity index (χ2n) is 7.82. The fraction of sp³-hybridized carbons (Fsp3) is 0.364. The van der Waals surface area contributed by atoms with Crippen molar-refractivity contribution in [1.82, 2.24) is 10.1 Å². The van der Waals surface area contributed by atoms with Crippen molar-refractivity contribution in [3.8, 4) is 0 Å². The average Bonchev–Trinajstić information content (AvgIpc) is 3.33. The molecule has 150 valence electrons. The van der Waals surface area contributed by atoms with Gasteiger partial charge in [0.1, 0.15) is 6.17 Å². The SMILES string of the molecule is CC(=O)C(N1CCC(c2noc3cc(Cl)ccc23)CC1)N1CNc2ccccc21. The van der Waals surface area contributed by atoms with E-state index in [0.29, 0.717) is 17.6 Å². The zero-order chi connectivity index (χ0) is 20.0. The number of halogens is 1. The Kier molecular flexibility index (Phi) is 4.68. The maximum atomic E-state index is 12.6. The van der Waals surface area contributed by atoms with E-state index in [2.05, 4.69) is 32.4 Å². The molecule has 7 heteroatoms. The standard InChI is InChI=1S/C22H23ClN4O2/c1-14(28)22(27-13-24-18-4-2-3-5-19(18)27)26-10-8-15(9-11-26)21-17-7-6-16(23)12-20(17)29-25-21/h2-7,12,15,22,24H,8-11,13H2,1H3. The lowest BCUT2D eigenvalue weighted by atomic mass is 9.91. The highest BCUT2D eigenvalue weighted by molar-refractivity contribution is 6.31. The van der Waals surface area contributed by atoms with Gasteiger partial charge in [-0.1, -0.05) is 28.9 Å². The fourth-order valence-electron chi connectivity index (χ4n) is 4.66. The van der Waals surface area contributed by atoms with E-state index in [1.54, 1.807) is 6.92 Å². The van der Waals surface area contributed by atoms with Gasteiger partial charge in [-0.25, -0.2) is 0 Å². The number of anilines is 2. The van der Waals surface area contributed by atoms with E-state index in [9.17, 15) is 4.79 Å². The summed E-state index contributed by atoms with van der Waals surface area (Å²) < 4.78 is 5.50. The number of benzene rings is 2. The molecule has 0 amide bonds. The molecule has 1 unspecified atom stereocenters. The van der Waals surface area contributed by atoms with Gasteiger partial charge in [0, 0.05) is 35.5 Å². The molecule has 1 fully saturated rings. The molecule has 29 heavy (non-hydrogen) atoms. The second kappa shape index (κ2) is 7.35. The van der Waals surface area contributed by atoms with E-state index in [-0.39, 0.29) is 11.9 Å². The number of nitrogens with one attached hydrogen (secondary N) is 1. The topological polar surface area (TPSA) is 61.6 Å². The van der Waals surface area contributed by atoms with Gasteiger partial charge in [0.05, 0.1) is 23.7 Å². The second-order valence-corrected chi connectivity index (χ2v) is 8.26. The van der Waals surface area contributed by atoms with E-state index in [4.69, 9.17) is 16.1 Å². The van der Waals surface area contributed by atoms with Crippen LogP contribution in [-0.4, -0.2) is 41.8 Å². The zero-order valence-electron chi connectivity index (χ0n) is 16.3. The van der Waals surface area contributed by atoms with Crippen LogP contribution < -0.4 is 10.2 Å². The Balaban J connectivity index is 1.34. The van der Waals surface area contributed by atoms with E-state index in [1.807, 2.05) is 30.3 Å². The summed E-state index contributed by atoms with van der Waals surface area (Å²) in [7, 11) is 0. The van der Waals surface area contributed by atoms with Gasteiger partial charge in [0.25, 0.3) is 0 Å². The Labute approximate surface area is 174 Å². The third kappa shape index (κ3) is 3.26. The van der Waals surface area contributed by atoms with Crippen LogP contribution in [0.2, 0.25) is 5.02 Å². The van der Waals surface area contributed by atoms with Gasteiger partial charge in [-0.3, -0.25) is 9.69 Å². The van der Waals surface area contributed by atoms with Gasteiger partial charge in [0.2, 0.25) is 0 Å². The number of carbonyl (C=O) groups is 1. The number of para-hydroxylation sites is 2. The summed E-state index contributed by atoms with van der Waals surface area (Å²) in [6, 6.07) is 13.8. The van der Waals surface area contributed by atoms with Crippen molar-refractivity contribution < 1.29 is 9.32 Å². The molecule has 5 rings (SSSR count). The largest absolute Gasteiger partial charge is 0.366 e. The highest BCUT2D eigenvalue weighted by atomic mass is 35.5. The molecule has 0 radical (unpaired) electrons. The summed E-state index contributed by atoms with van der Waals surface area (Å²) in [5, 5.41) is 9.41. The van der Waals surface area contributed by atoms with Crippen LogP contribution in [0.15, 0.2) is 47.0 Å². The smallest absolute Gasteiger partial charge is 0.168 e. The molecule has 0 spiro atoms. The number of nitrogens with zero attached hydrogens (tertiary/aromatic N) is 3. The lowest BCUT2D eigenvalue weighted by Gasteiger charge is -2.40. The number of piperidine rings is 1. The summed E-state index contributed by atoms with van der Waals surface area (Å²) in [5.41, 5.74) is 3.91. The fourth-order valence-corrected chi connectivity index (χ4v) is 4.83. The predicted molar refractivity (Wildman–Crippen MR) is 114 cm³/mol. The first-order valence-electron chi connectivity index (χ1n) is 10.0. The minimum atomic E-state index is -0.250. The summed E-state index contributed by atoms with van der Waals surface area (Å²) >= 11 is 6.06. The molecule has 6 nitrogen and oxygen atoms in total. The predicted octanol–water partition coefficient (Wildman–Crippen LogP) is 4.47. The average molecular weight is 411 g/mol. The minimum absolute atomic E-state index is 0.170. The first kappa shape index (κ1) is 18.5. The van der Waals surface area contributed by atoms with E-state index >= 15 is 0 Å². The molecule has 2 aliphatic heterocycles. The van der Waals surface area contributed by atoms with Gasteiger partial charge >= 0.3 is 0 Å². The van der Waals surface area contributed by atoms with Crippen LogP contribution in [0.25, 0.3) is 11.0 Å². The number of ketones is 1. The highest BCUT2D eigenvalue weighted by Gasteiger charge is 2.36. The molecule has 3 heterocycles. The molecule has 1 atom stereocenters. The molecule has 0 bridgehead atoms. The lowest BCUT2D eigenvalue weighted by molar-refractivity contribution is -0.122. The van der Waals surface area contributed by atoms with Crippen LogP contribution in [0.5, 0.6) is 0 Å². The first-order valence-corrected chi connectivity index (χ1v) is 10.4. The normalized spacial score (nSPS) is 18.6. The number of likely N-dealkylation sites (tertiary alicyclic amines) is 1. The van der Waals surface area contributed by atoms with E-state index in [0.717, 1.165) is 54.0 Å². The third-order valence-corrected chi connectivity index (χ3v) is 6.27. The van der Waals surface area contributed by atoms with E-state index < -0.39 is 0 Å². The summed E-state index contributed by atoms with van der Waals surface area (Å²) in [6.45, 7) is 4.02. The summed E-state index contributed by atoms with van der Waals surface area (Å²) in [4.78, 5) is 17.1. The van der Waals surface area contributed by atoms with Gasteiger partial charge in [-0.05, 0) is 44.0 Å². The number of hydrogen-bond donors (Lipinski definition) is 1. The van der Waals surface area contributed by atoms with Crippen molar-refractivity contribution in [3.63, 3.8) is 0 Å². The van der Waals surface area contributed by atoms with Crippen molar-refractivity contribution >= 4 is 39.7 Å². The molecule has 1 N–H and O–H groups in total. The quantitative estimate of drug-likeness (QED) is 0.685. The first-order chi connectivity index (χ1) is 14.1. The maximum absolute atomic E-state index is 12.6. The lowest BCUT2D eigenvalue weighted by Crippen LogP contribution is -2.54. The van der Waals surface area contributed by atoms with Crippen LogP contribution in [0.3, 0.4) is 0 Å². The van der Waals surface area contributed by atoms with Crippen LogP contribution in [0.4, 0.5) is 11.4 Å². The number of Topliss-reactive ketones (excluding diaryl/α,β-unsaturated/α-hetero) is 1. The minimum Gasteiger partial charge on any atom is -0.366 e. The van der Waals surface area contributed by atoms with Gasteiger partial charge in [-0.2, -0.15) is 0 Å². The molecule has 2 aromatic carbocycles. The zero-order valence-corrected chi connectivity index (χ0v) is 17.0. The van der Waals surface area contributed by atoms with Crippen LogP contribution in [-0.2, 0) is 4.79 Å². The molecular weight excluding hydrogens is 388 g/mol. The number of fused-ring (bicyclic) bond motifs is 2. The van der Waals surface area contributed by atoms with Gasteiger partial charge in [-0.15, -0.1) is 0 Å². The Morgan fingerprint density at radius 3 is 2.83 bits per heavy atom. The number of rotatable bonds is 4. The molecule has 3 aromatic rings. The van der Waals surface area contributed by atoms with Crippen molar-refractivity contribution in [2.75, 3.05) is 30.0 Å². The molecule has 2 aliphatic rings. The van der Waals surface area contributed by atoms with Crippen LogP contribution in [0, 0.1) is 0 Å². The van der Waals surface area contributed by atoms with Crippen LogP contribution in [0.1, 0.15) is 31.4 Å². The van der Waals surface area contributed by atoms with Crippen molar-refractivity contribution in [2.45, 2.75) is 31.8 Å². The van der Waals surface area contributed by atoms with Crippen LogP contribution >= 0.6 is 11.6 Å². The molecule has 1 aromatic heterocycles. The molecule has 0 aliphatic carbocycles. The van der Waals surface area contributed by atoms with Gasteiger partial charge in [0.15, 0.2) is 11.4 Å². The Bertz CT molecular complexity index is 1060. The number of hydrogen-bond acceptors (Lipinski definition) is 6. The number of carbonyl (C=O) groups excluding carboxylic acids is 1. The van der Waals surface area contributed by atoms with Crippen molar-refractivity contribution in [2.24, 2.45) is 0 Å². The molecule has 1 saturated heterocycles. The third-order valence-electron chi connectivity index (χ3n) is 6.04. The van der Waals surface area contributed by atoms with Crippen molar-refractivity contribution in [1.29, 1.82) is 0 Å².